The van der Waals surface area contributed by atoms with Crippen LogP contribution in [0.2, 0.25) is 0 Å². The van der Waals surface area contributed by atoms with Crippen LogP contribution in [0.25, 0.3) is 0 Å². The summed E-state index contributed by atoms with van der Waals surface area (Å²) in [6, 6.07) is 0. The number of rotatable bonds is 1. The molecule has 0 radical (unpaired) electrons. The van der Waals surface area contributed by atoms with E-state index in [-0.39, 0.29) is 11.9 Å². The highest BCUT2D eigenvalue weighted by Gasteiger charge is 2.45. The summed E-state index contributed by atoms with van der Waals surface area (Å²) in [5, 5.41) is 0. The first kappa shape index (κ1) is 7.10. The zero-order valence-corrected chi connectivity index (χ0v) is 6.58. The molecule has 1 aliphatic heterocycles. The van der Waals surface area contributed by atoms with E-state index in [4.69, 9.17) is 4.74 Å². The zero-order chi connectivity index (χ0) is 7.84. The molecule has 1 heterocycles. The van der Waals surface area contributed by atoms with Crippen molar-refractivity contribution in [3.8, 4) is 0 Å². The lowest BCUT2D eigenvalue weighted by molar-refractivity contribution is -0.146. The number of ether oxygens (including phenoxy) is 2. The van der Waals surface area contributed by atoms with Crippen molar-refractivity contribution in [1.82, 2.24) is 0 Å². The average molecular weight is 156 g/mol. The molecule has 1 saturated carbocycles. The molecule has 3 atom stereocenters. The van der Waals surface area contributed by atoms with E-state index in [1.54, 1.807) is 0 Å². The van der Waals surface area contributed by atoms with Crippen LogP contribution in [0, 0.1) is 5.92 Å². The molecule has 11 heavy (non-hydrogen) atoms. The van der Waals surface area contributed by atoms with Gasteiger partial charge in [-0.15, -0.1) is 0 Å². The summed E-state index contributed by atoms with van der Waals surface area (Å²) in [6.45, 7) is 0. The second-order valence-corrected chi connectivity index (χ2v) is 3.25. The minimum absolute atomic E-state index is 0.0704. The molecule has 0 aromatic heterocycles. The molecule has 3 nitrogen and oxygen atoms in total. The van der Waals surface area contributed by atoms with Gasteiger partial charge in [0.15, 0.2) is 0 Å². The van der Waals surface area contributed by atoms with Gasteiger partial charge < -0.3 is 9.47 Å². The Labute approximate surface area is 65.7 Å². The van der Waals surface area contributed by atoms with E-state index >= 15 is 0 Å². The van der Waals surface area contributed by atoms with Gasteiger partial charge in [0.05, 0.1) is 25.2 Å². The molecule has 2 aliphatic rings. The fourth-order valence-electron chi connectivity index (χ4n) is 1.78. The molecule has 1 aliphatic carbocycles. The van der Waals surface area contributed by atoms with Crippen molar-refractivity contribution >= 4 is 5.97 Å². The Balaban J connectivity index is 1.89. The Bertz CT molecular complexity index is 178. The van der Waals surface area contributed by atoms with Gasteiger partial charge in [-0.25, -0.2) is 0 Å². The van der Waals surface area contributed by atoms with Crippen LogP contribution in [-0.2, 0) is 14.3 Å². The molecule has 62 valence electrons. The second kappa shape index (κ2) is 2.48. The monoisotopic (exact) mass is 156 g/mol. The standard InChI is InChI=1S/C8H12O3/c1-10-8(9)5-2-3-6-7(4-5)11-6/h5-7H,2-4H2,1H3/t5-,6-,7+/m1/s1. The van der Waals surface area contributed by atoms with Crippen LogP contribution in [0.15, 0.2) is 0 Å². The van der Waals surface area contributed by atoms with Crippen LogP contribution >= 0.6 is 0 Å². The maximum Gasteiger partial charge on any atom is 0.308 e. The van der Waals surface area contributed by atoms with Crippen molar-refractivity contribution in [2.75, 3.05) is 7.11 Å². The van der Waals surface area contributed by atoms with Crippen LogP contribution in [0.3, 0.4) is 0 Å². The third kappa shape index (κ3) is 1.25. The summed E-state index contributed by atoms with van der Waals surface area (Å²) in [5.74, 6) is 0.0303. The SMILES string of the molecule is COC(=O)[C@@H]1CC[C@H]2O[C@H]2C1. The van der Waals surface area contributed by atoms with Gasteiger partial charge in [0.2, 0.25) is 0 Å². The Morgan fingerprint density at radius 3 is 2.91 bits per heavy atom. The number of carbonyl (C=O) groups excluding carboxylic acids is 1. The smallest absolute Gasteiger partial charge is 0.308 e. The summed E-state index contributed by atoms with van der Waals surface area (Å²) in [6.07, 6.45) is 3.68. The molecule has 0 aromatic rings. The van der Waals surface area contributed by atoms with Gasteiger partial charge in [0, 0.05) is 0 Å². The summed E-state index contributed by atoms with van der Waals surface area (Å²) >= 11 is 0. The molecule has 0 unspecified atom stereocenters. The maximum atomic E-state index is 11.1. The first-order valence-corrected chi connectivity index (χ1v) is 4.04. The van der Waals surface area contributed by atoms with Crippen LogP contribution in [0.5, 0.6) is 0 Å². The predicted octanol–water partition coefficient (Wildman–Crippen LogP) is 0.727. The molecular formula is C8H12O3. The minimum atomic E-state index is -0.0704. The second-order valence-electron chi connectivity index (χ2n) is 3.25. The van der Waals surface area contributed by atoms with Gasteiger partial charge in [-0.3, -0.25) is 4.79 Å². The lowest BCUT2D eigenvalue weighted by Gasteiger charge is -2.15. The highest BCUT2D eigenvalue weighted by Crippen LogP contribution is 2.39. The number of methoxy groups -OCH3 is 1. The lowest BCUT2D eigenvalue weighted by Crippen LogP contribution is -2.22. The molecule has 0 N–H and O–H groups in total. The minimum Gasteiger partial charge on any atom is -0.469 e. The van der Waals surface area contributed by atoms with E-state index in [0.717, 1.165) is 19.3 Å². The quantitative estimate of drug-likeness (QED) is 0.415. The molecule has 1 saturated heterocycles. The van der Waals surface area contributed by atoms with Crippen LogP contribution < -0.4 is 0 Å². The average Bonchev–Trinajstić information content (AvgIpc) is 2.80. The highest BCUT2D eigenvalue weighted by atomic mass is 16.6. The summed E-state index contributed by atoms with van der Waals surface area (Å²) in [5.41, 5.74) is 0. The first-order valence-electron chi connectivity index (χ1n) is 4.04. The Kier molecular flexibility index (Phi) is 1.60. The zero-order valence-electron chi connectivity index (χ0n) is 6.58. The molecule has 3 heteroatoms. The normalized spacial score (nSPS) is 41.0. The Morgan fingerprint density at radius 1 is 1.45 bits per heavy atom. The van der Waals surface area contributed by atoms with E-state index in [1.165, 1.54) is 7.11 Å². The molecule has 0 amide bonds. The number of hydrogen-bond donors (Lipinski definition) is 0. The van der Waals surface area contributed by atoms with Crippen molar-refractivity contribution in [2.24, 2.45) is 5.92 Å². The van der Waals surface area contributed by atoms with E-state index in [2.05, 4.69) is 4.74 Å². The number of esters is 1. The van der Waals surface area contributed by atoms with Crippen molar-refractivity contribution in [3.63, 3.8) is 0 Å². The van der Waals surface area contributed by atoms with E-state index < -0.39 is 0 Å². The van der Waals surface area contributed by atoms with E-state index in [1.807, 2.05) is 0 Å². The van der Waals surface area contributed by atoms with Crippen molar-refractivity contribution in [2.45, 2.75) is 31.5 Å². The van der Waals surface area contributed by atoms with Gasteiger partial charge in [-0.1, -0.05) is 0 Å². The molecule has 0 bridgehead atoms. The number of epoxide rings is 1. The number of carbonyl (C=O) groups is 1. The largest absolute Gasteiger partial charge is 0.469 e. The van der Waals surface area contributed by atoms with E-state index in [9.17, 15) is 4.79 Å². The molecule has 2 fully saturated rings. The van der Waals surface area contributed by atoms with Crippen molar-refractivity contribution in [3.05, 3.63) is 0 Å². The fourth-order valence-corrected chi connectivity index (χ4v) is 1.78. The fraction of sp³-hybridized carbons (Fsp3) is 0.875. The lowest BCUT2D eigenvalue weighted by atomic mass is 9.89. The topological polar surface area (TPSA) is 38.8 Å². The summed E-state index contributed by atoms with van der Waals surface area (Å²) in [7, 11) is 1.45. The van der Waals surface area contributed by atoms with Crippen molar-refractivity contribution < 1.29 is 14.3 Å². The van der Waals surface area contributed by atoms with Crippen molar-refractivity contribution in [1.29, 1.82) is 0 Å². The van der Waals surface area contributed by atoms with Crippen LogP contribution in [-0.4, -0.2) is 25.3 Å². The molecular weight excluding hydrogens is 144 g/mol. The summed E-state index contributed by atoms with van der Waals surface area (Å²) < 4.78 is 9.96. The van der Waals surface area contributed by atoms with Gasteiger partial charge in [0.25, 0.3) is 0 Å². The third-order valence-corrected chi connectivity index (χ3v) is 2.54. The first-order chi connectivity index (χ1) is 5.31. The van der Waals surface area contributed by atoms with Crippen LogP contribution in [0.4, 0.5) is 0 Å². The molecule has 0 aromatic carbocycles. The van der Waals surface area contributed by atoms with E-state index in [0.29, 0.717) is 12.2 Å². The molecule has 0 spiro atoms. The maximum absolute atomic E-state index is 11.1. The predicted molar refractivity (Wildman–Crippen MR) is 38.0 cm³/mol. The summed E-state index contributed by atoms with van der Waals surface area (Å²) in [4.78, 5) is 11.1. The Morgan fingerprint density at radius 2 is 2.27 bits per heavy atom. The molecule has 2 rings (SSSR count). The highest BCUT2D eigenvalue weighted by molar-refractivity contribution is 5.72. The van der Waals surface area contributed by atoms with Gasteiger partial charge >= 0.3 is 5.97 Å². The number of fused-ring (bicyclic) bond motifs is 1. The van der Waals surface area contributed by atoms with Gasteiger partial charge in [0.1, 0.15) is 0 Å². The van der Waals surface area contributed by atoms with Gasteiger partial charge in [-0.05, 0) is 19.3 Å². The third-order valence-electron chi connectivity index (χ3n) is 2.54. The number of hydrogen-bond acceptors (Lipinski definition) is 3. The van der Waals surface area contributed by atoms with Crippen LogP contribution in [0.1, 0.15) is 19.3 Å². The Hall–Kier alpha value is -0.570. The van der Waals surface area contributed by atoms with Gasteiger partial charge in [-0.2, -0.15) is 0 Å².